The first-order chi connectivity index (χ1) is 5.15. The lowest BCUT2D eigenvalue weighted by molar-refractivity contribution is -0.143. The third kappa shape index (κ3) is 1.76. The van der Waals surface area contributed by atoms with Gasteiger partial charge in [0, 0.05) is 7.05 Å². The van der Waals surface area contributed by atoms with Gasteiger partial charge in [-0.15, -0.1) is 11.8 Å². The Morgan fingerprint density at radius 1 is 1.82 bits per heavy atom. The van der Waals surface area contributed by atoms with Gasteiger partial charge in [0.1, 0.15) is 5.37 Å². The Labute approximate surface area is 68.8 Å². The normalized spacial score (nSPS) is 27.0. The third-order valence-electron chi connectivity index (χ3n) is 1.28. The average Bonchev–Trinajstić information content (AvgIpc) is 2.31. The van der Waals surface area contributed by atoms with E-state index in [0.29, 0.717) is 0 Å². The molecule has 0 aromatic carbocycles. The molecule has 6 heteroatoms. The van der Waals surface area contributed by atoms with Crippen molar-refractivity contribution in [3.63, 3.8) is 0 Å². The molecule has 64 valence electrons. The quantitative estimate of drug-likeness (QED) is 0.602. The molecule has 1 aliphatic rings. The van der Waals surface area contributed by atoms with Crippen LogP contribution in [-0.2, 0) is 9.57 Å². The molecule has 1 amide bonds. The van der Waals surface area contributed by atoms with E-state index in [1.807, 2.05) is 6.26 Å². The molecule has 2 N–H and O–H groups in total. The van der Waals surface area contributed by atoms with Gasteiger partial charge in [0.2, 0.25) is 0 Å². The van der Waals surface area contributed by atoms with E-state index >= 15 is 0 Å². The number of carbonyl (C=O) groups excluding carboxylic acids is 1. The predicted molar refractivity (Wildman–Crippen MR) is 40.6 cm³/mol. The summed E-state index contributed by atoms with van der Waals surface area (Å²) in [6.07, 6.45) is 0.669. The molecule has 0 aromatic rings. The highest BCUT2D eigenvalue weighted by atomic mass is 32.2. The number of carbonyl (C=O) groups is 1. The third-order valence-corrected chi connectivity index (χ3v) is 2.04. The molecule has 0 radical (unpaired) electrons. The van der Waals surface area contributed by atoms with Crippen LogP contribution in [0.1, 0.15) is 0 Å². The van der Waals surface area contributed by atoms with Crippen molar-refractivity contribution < 1.29 is 14.4 Å². The van der Waals surface area contributed by atoms with Crippen molar-refractivity contribution in [3.8, 4) is 0 Å². The number of nitrogens with zero attached hydrogens (tertiary/aromatic N) is 1. The Hall–Kier alpha value is -0.460. The monoisotopic (exact) mass is 178 g/mol. The summed E-state index contributed by atoms with van der Waals surface area (Å²) in [5.41, 5.74) is 5.54. The number of thioether (sulfide) groups is 1. The molecule has 5 nitrogen and oxygen atoms in total. The Balaban J connectivity index is 2.46. The number of amides is 1. The molecule has 1 rings (SSSR count). The maximum atomic E-state index is 10.7. The van der Waals surface area contributed by atoms with Gasteiger partial charge in [-0.3, -0.25) is 0 Å². The van der Waals surface area contributed by atoms with Crippen LogP contribution in [0.3, 0.4) is 0 Å². The van der Waals surface area contributed by atoms with Gasteiger partial charge in [-0.05, 0) is 6.26 Å². The second-order valence-corrected chi connectivity index (χ2v) is 3.07. The first kappa shape index (κ1) is 8.63. The van der Waals surface area contributed by atoms with Gasteiger partial charge in [-0.2, -0.15) is 5.06 Å². The minimum atomic E-state index is -0.650. The lowest BCUT2D eigenvalue weighted by Gasteiger charge is -2.12. The number of hydroxylamine groups is 2. The van der Waals surface area contributed by atoms with Crippen molar-refractivity contribution in [1.29, 1.82) is 0 Å². The van der Waals surface area contributed by atoms with E-state index < -0.39 is 12.4 Å². The van der Waals surface area contributed by atoms with Crippen LogP contribution in [0.15, 0.2) is 0 Å². The van der Waals surface area contributed by atoms with Gasteiger partial charge in [-0.1, -0.05) is 0 Å². The SMILES string of the molecule is CSC(N)C1OC(=O)N(C)O1. The van der Waals surface area contributed by atoms with Gasteiger partial charge in [-0.25, -0.2) is 9.63 Å². The number of ether oxygens (including phenoxy) is 1. The molecule has 0 saturated carbocycles. The van der Waals surface area contributed by atoms with E-state index in [9.17, 15) is 4.79 Å². The summed E-state index contributed by atoms with van der Waals surface area (Å²) in [4.78, 5) is 15.7. The fourth-order valence-electron chi connectivity index (χ4n) is 0.632. The number of cyclic esters (lactones) is 1. The van der Waals surface area contributed by atoms with Crippen LogP contribution in [0, 0.1) is 0 Å². The highest BCUT2D eigenvalue weighted by Crippen LogP contribution is 2.17. The van der Waals surface area contributed by atoms with Gasteiger partial charge >= 0.3 is 6.09 Å². The topological polar surface area (TPSA) is 64.8 Å². The van der Waals surface area contributed by atoms with Crippen LogP contribution >= 0.6 is 11.8 Å². The van der Waals surface area contributed by atoms with Crippen molar-refractivity contribution >= 4 is 17.9 Å². The number of nitrogens with two attached hydrogens (primary N) is 1. The molecule has 0 bridgehead atoms. The minimum Gasteiger partial charge on any atom is -0.413 e. The molecule has 2 unspecified atom stereocenters. The summed E-state index contributed by atoms with van der Waals surface area (Å²) in [6.45, 7) is 0. The number of hydrogen-bond acceptors (Lipinski definition) is 5. The molecular weight excluding hydrogens is 168 g/mol. The fraction of sp³-hybridized carbons (Fsp3) is 0.800. The van der Waals surface area contributed by atoms with Crippen LogP contribution in [-0.4, -0.2) is 36.1 Å². The molecule has 2 atom stereocenters. The molecule has 1 saturated heterocycles. The lowest BCUT2D eigenvalue weighted by atomic mass is 10.6. The summed E-state index contributed by atoms with van der Waals surface area (Å²) < 4.78 is 4.75. The van der Waals surface area contributed by atoms with Crippen molar-refractivity contribution in [1.82, 2.24) is 5.06 Å². The number of rotatable bonds is 2. The minimum absolute atomic E-state index is 0.330. The smallest absolute Gasteiger partial charge is 0.413 e. The summed E-state index contributed by atoms with van der Waals surface area (Å²) >= 11 is 1.37. The Kier molecular flexibility index (Phi) is 2.58. The Morgan fingerprint density at radius 2 is 2.45 bits per heavy atom. The van der Waals surface area contributed by atoms with E-state index in [1.54, 1.807) is 0 Å². The van der Waals surface area contributed by atoms with E-state index in [4.69, 9.17) is 15.3 Å². The second kappa shape index (κ2) is 3.29. The summed E-state index contributed by atoms with van der Waals surface area (Å²) in [7, 11) is 1.48. The van der Waals surface area contributed by atoms with Gasteiger partial charge < -0.3 is 10.5 Å². The van der Waals surface area contributed by atoms with Crippen LogP contribution in [0.2, 0.25) is 0 Å². The molecule has 0 spiro atoms. The maximum absolute atomic E-state index is 10.7. The zero-order valence-corrected chi connectivity index (χ0v) is 7.13. The first-order valence-electron chi connectivity index (χ1n) is 3.04. The highest BCUT2D eigenvalue weighted by molar-refractivity contribution is 7.99. The molecule has 1 fully saturated rings. The summed E-state index contributed by atoms with van der Waals surface area (Å²) in [5, 5.41) is 0.699. The standard InChI is InChI=1S/C5H10N2O3S/c1-7-5(8)9-4(10-7)3(6)11-2/h3-4H,6H2,1-2H3. The zero-order chi connectivity index (χ0) is 8.43. The van der Waals surface area contributed by atoms with Crippen LogP contribution < -0.4 is 5.73 Å². The highest BCUT2D eigenvalue weighted by Gasteiger charge is 2.33. The lowest BCUT2D eigenvalue weighted by Crippen LogP contribution is -2.32. The van der Waals surface area contributed by atoms with Crippen molar-refractivity contribution in [2.24, 2.45) is 5.73 Å². The van der Waals surface area contributed by atoms with Crippen molar-refractivity contribution in [2.45, 2.75) is 11.7 Å². The van der Waals surface area contributed by atoms with Crippen LogP contribution in [0.25, 0.3) is 0 Å². The van der Waals surface area contributed by atoms with Crippen molar-refractivity contribution in [3.05, 3.63) is 0 Å². The van der Waals surface area contributed by atoms with E-state index in [-0.39, 0.29) is 5.37 Å². The van der Waals surface area contributed by atoms with Gasteiger partial charge in [0.25, 0.3) is 6.29 Å². The van der Waals surface area contributed by atoms with Gasteiger partial charge in [0.05, 0.1) is 0 Å². The zero-order valence-electron chi connectivity index (χ0n) is 6.31. The van der Waals surface area contributed by atoms with Crippen molar-refractivity contribution in [2.75, 3.05) is 13.3 Å². The molecule has 0 aromatic heterocycles. The predicted octanol–water partition coefficient (Wildman–Crippen LogP) is -0.0261. The summed E-state index contributed by atoms with van der Waals surface area (Å²) in [6, 6.07) is 0. The Morgan fingerprint density at radius 3 is 2.82 bits per heavy atom. The van der Waals surface area contributed by atoms with Gasteiger partial charge in [0.15, 0.2) is 0 Å². The molecule has 11 heavy (non-hydrogen) atoms. The van der Waals surface area contributed by atoms with E-state index in [0.717, 1.165) is 5.06 Å². The van der Waals surface area contributed by atoms with E-state index in [2.05, 4.69) is 0 Å². The number of hydrogen-bond donors (Lipinski definition) is 1. The maximum Gasteiger partial charge on any atom is 0.436 e. The average molecular weight is 178 g/mol. The van der Waals surface area contributed by atoms with Crippen LogP contribution in [0.5, 0.6) is 0 Å². The Bertz CT molecular complexity index is 166. The summed E-state index contributed by atoms with van der Waals surface area (Å²) in [5.74, 6) is 0. The first-order valence-corrected chi connectivity index (χ1v) is 4.33. The molecule has 1 heterocycles. The largest absolute Gasteiger partial charge is 0.436 e. The second-order valence-electron chi connectivity index (χ2n) is 2.06. The molecular formula is C5H10N2O3S. The molecule has 1 aliphatic heterocycles. The van der Waals surface area contributed by atoms with Crippen LogP contribution in [0.4, 0.5) is 4.79 Å². The van der Waals surface area contributed by atoms with E-state index in [1.165, 1.54) is 18.8 Å². The fourth-order valence-corrected chi connectivity index (χ4v) is 0.960. The molecule has 0 aliphatic carbocycles.